The fraction of sp³-hybridized carbons (Fsp3) is 0.630. The van der Waals surface area contributed by atoms with Crippen LogP contribution in [0.2, 0.25) is 0 Å². The number of ether oxygens (including phenoxy) is 6. The van der Waals surface area contributed by atoms with Crippen LogP contribution in [-0.4, -0.2) is 43.4 Å². The second kappa shape index (κ2) is 18.5. The third kappa shape index (κ3) is 8.73. The Morgan fingerprint density at radius 3 is 2.10 bits per heavy atom. The molecule has 3 aromatic rings. The first kappa shape index (κ1) is 42.5. The van der Waals surface area contributed by atoms with E-state index in [1.807, 2.05) is 30.3 Å². The van der Waals surface area contributed by atoms with E-state index in [0.717, 1.165) is 71.5 Å². The second-order valence-corrected chi connectivity index (χ2v) is 20.5. The Hall–Kier alpha value is -2.84. The van der Waals surface area contributed by atoms with Gasteiger partial charge >= 0.3 is 0 Å². The van der Waals surface area contributed by atoms with Crippen molar-refractivity contribution in [2.75, 3.05) is 6.61 Å². The van der Waals surface area contributed by atoms with Gasteiger partial charge in [-0.2, -0.15) is 0 Å². The first-order chi connectivity index (χ1) is 29.2. The Kier molecular flexibility index (Phi) is 13.1. The minimum absolute atomic E-state index is 0.0407. The van der Waals surface area contributed by atoms with E-state index in [4.69, 9.17) is 28.4 Å². The smallest absolute Gasteiger partial charge is 0.187 e. The summed E-state index contributed by atoms with van der Waals surface area (Å²) in [6, 6.07) is 30.9. The Bertz CT molecular complexity index is 1850. The Labute approximate surface area is 361 Å². The summed E-state index contributed by atoms with van der Waals surface area (Å²) in [7, 11) is 0. The van der Waals surface area contributed by atoms with Crippen LogP contribution in [0.5, 0.6) is 0 Å². The molecule has 60 heavy (non-hydrogen) atoms. The third-order valence-electron chi connectivity index (χ3n) is 16.5. The lowest BCUT2D eigenvalue weighted by atomic mass is 9.47. The molecule has 0 radical (unpaired) electrons. The van der Waals surface area contributed by atoms with Gasteiger partial charge in [0.05, 0.1) is 25.9 Å². The first-order valence-corrected chi connectivity index (χ1v) is 23.8. The molecule has 2 aliphatic heterocycles. The molecule has 3 saturated carbocycles. The molecule has 0 amide bonds. The molecule has 5 fully saturated rings. The molecule has 2 heterocycles. The van der Waals surface area contributed by atoms with Gasteiger partial charge in [-0.25, -0.2) is 0 Å². The standard InChI is InChI=1S/C54H72O6/c1-36(2)16-15-17-37(3)44-26-27-45-43-25-24-41-32-42(28-30-53(41,4)46(43)29-31-54(44,45)5)58-52-50(56-34-39-20-11-7-12-21-39)49(55-33-38-18-9-6-10-19-38)48-47(59-52)35-57-51(60-48)40-22-13-8-14-23-40/h6-14,18-24,36-37,42-52H,15-17,25-35H2,1-5H3/t37-,42+,43+,44-,45+,46+,47-,48-,49+,50+,51-,52-,53+,54-/m1/s1. The molecule has 0 bridgehead atoms. The SMILES string of the molecule is CC(C)CCC[C@@H](C)[C@H]1CC[C@H]2[C@@H]3CC=C4C[C@@H](O[C@@H]5O[C@@H]6CO[C@@H](c7ccccc7)O[C@H]6[C@H](OCc6ccccc6)[C@@H]5OCc5ccccc5)CC[C@]4(C)[C@H]3CC[C@]12C. The van der Waals surface area contributed by atoms with Gasteiger partial charge in [0.15, 0.2) is 12.6 Å². The van der Waals surface area contributed by atoms with Crippen LogP contribution >= 0.6 is 0 Å². The molecule has 14 atom stereocenters. The van der Waals surface area contributed by atoms with E-state index in [-0.39, 0.29) is 17.6 Å². The largest absolute Gasteiger partial charge is 0.368 e. The minimum Gasteiger partial charge on any atom is -0.368 e. The van der Waals surface area contributed by atoms with Gasteiger partial charge in [-0.1, -0.05) is 157 Å². The van der Waals surface area contributed by atoms with Crippen molar-refractivity contribution < 1.29 is 28.4 Å². The monoisotopic (exact) mass is 817 g/mol. The zero-order valence-electron chi connectivity index (χ0n) is 37.1. The van der Waals surface area contributed by atoms with Gasteiger partial charge in [-0.3, -0.25) is 0 Å². The van der Waals surface area contributed by atoms with Gasteiger partial charge in [0.2, 0.25) is 0 Å². The van der Waals surface area contributed by atoms with E-state index >= 15 is 0 Å². The van der Waals surface area contributed by atoms with Gasteiger partial charge in [-0.05, 0) is 109 Å². The fourth-order valence-electron chi connectivity index (χ4n) is 13.3. The highest BCUT2D eigenvalue weighted by molar-refractivity contribution is 5.26. The maximum Gasteiger partial charge on any atom is 0.187 e. The topological polar surface area (TPSA) is 55.4 Å². The molecule has 0 N–H and O–H groups in total. The summed E-state index contributed by atoms with van der Waals surface area (Å²) >= 11 is 0. The van der Waals surface area contributed by atoms with Crippen molar-refractivity contribution in [3.05, 3.63) is 119 Å². The summed E-state index contributed by atoms with van der Waals surface area (Å²) in [6.07, 6.45) is 14.0. The maximum absolute atomic E-state index is 7.20. The summed E-state index contributed by atoms with van der Waals surface area (Å²) in [5.41, 5.74) is 5.55. The van der Waals surface area contributed by atoms with Gasteiger partial charge in [0.25, 0.3) is 0 Å². The molecule has 9 rings (SSSR count). The quantitative estimate of drug-likeness (QED) is 0.151. The van der Waals surface area contributed by atoms with Crippen LogP contribution in [0.25, 0.3) is 0 Å². The van der Waals surface area contributed by atoms with Crippen molar-refractivity contribution in [3.63, 3.8) is 0 Å². The van der Waals surface area contributed by atoms with Crippen LogP contribution in [0.15, 0.2) is 103 Å². The van der Waals surface area contributed by atoms with Crippen molar-refractivity contribution in [2.24, 2.45) is 46.3 Å². The number of hydrogen-bond donors (Lipinski definition) is 0. The van der Waals surface area contributed by atoms with Crippen molar-refractivity contribution in [2.45, 2.75) is 162 Å². The molecule has 0 spiro atoms. The molecule has 6 aliphatic rings. The van der Waals surface area contributed by atoms with Crippen LogP contribution in [0.3, 0.4) is 0 Å². The average molecular weight is 817 g/mol. The highest BCUT2D eigenvalue weighted by Crippen LogP contribution is 2.67. The third-order valence-corrected chi connectivity index (χ3v) is 16.5. The fourth-order valence-corrected chi connectivity index (χ4v) is 13.3. The van der Waals surface area contributed by atoms with Crippen LogP contribution in [0.4, 0.5) is 0 Å². The number of fused-ring (bicyclic) bond motifs is 6. The van der Waals surface area contributed by atoms with Crippen molar-refractivity contribution in [1.29, 1.82) is 0 Å². The molecular formula is C54H72O6. The van der Waals surface area contributed by atoms with Crippen LogP contribution in [0.1, 0.15) is 128 Å². The molecule has 324 valence electrons. The van der Waals surface area contributed by atoms with Gasteiger partial charge in [0.1, 0.15) is 24.4 Å². The second-order valence-electron chi connectivity index (χ2n) is 20.5. The number of allylic oxidation sites excluding steroid dienone is 1. The van der Waals surface area contributed by atoms with Gasteiger partial charge in [-0.15, -0.1) is 0 Å². The molecule has 6 heteroatoms. The number of rotatable bonds is 14. The molecule has 0 aromatic heterocycles. The highest BCUT2D eigenvalue weighted by Gasteiger charge is 2.60. The Balaban J connectivity index is 0.929. The average Bonchev–Trinajstić information content (AvgIpc) is 3.63. The molecule has 3 aromatic carbocycles. The number of hydrogen-bond acceptors (Lipinski definition) is 6. The zero-order valence-corrected chi connectivity index (χ0v) is 37.1. The van der Waals surface area contributed by atoms with Crippen molar-refractivity contribution in [1.82, 2.24) is 0 Å². The van der Waals surface area contributed by atoms with Crippen LogP contribution in [-0.2, 0) is 41.6 Å². The predicted octanol–water partition coefficient (Wildman–Crippen LogP) is 12.4. The molecule has 2 saturated heterocycles. The predicted molar refractivity (Wildman–Crippen MR) is 237 cm³/mol. The zero-order chi connectivity index (χ0) is 41.3. The highest BCUT2D eigenvalue weighted by atomic mass is 16.8. The lowest BCUT2D eigenvalue weighted by molar-refractivity contribution is -0.377. The lowest BCUT2D eigenvalue weighted by Crippen LogP contribution is -2.64. The first-order valence-electron chi connectivity index (χ1n) is 23.8. The van der Waals surface area contributed by atoms with Crippen LogP contribution in [0, 0.1) is 46.3 Å². The normalized spacial score (nSPS) is 38.0. The van der Waals surface area contributed by atoms with Crippen LogP contribution < -0.4 is 0 Å². The Morgan fingerprint density at radius 1 is 0.717 bits per heavy atom. The van der Waals surface area contributed by atoms with Crippen molar-refractivity contribution >= 4 is 0 Å². The molecule has 6 nitrogen and oxygen atoms in total. The Morgan fingerprint density at radius 2 is 1.40 bits per heavy atom. The van der Waals surface area contributed by atoms with E-state index < -0.39 is 30.9 Å². The summed E-state index contributed by atoms with van der Waals surface area (Å²) in [5.74, 6) is 4.97. The van der Waals surface area contributed by atoms with Gasteiger partial charge < -0.3 is 28.4 Å². The van der Waals surface area contributed by atoms with E-state index in [9.17, 15) is 0 Å². The van der Waals surface area contributed by atoms with Gasteiger partial charge in [0, 0.05) is 5.56 Å². The summed E-state index contributed by atoms with van der Waals surface area (Å²) in [5, 5.41) is 0. The van der Waals surface area contributed by atoms with E-state index in [2.05, 4.69) is 101 Å². The minimum atomic E-state index is -0.629. The van der Waals surface area contributed by atoms with E-state index in [1.54, 1.807) is 5.57 Å². The summed E-state index contributed by atoms with van der Waals surface area (Å²) in [4.78, 5) is 0. The summed E-state index contributed by atoms with van der Waals surface area (Å²) in [6.45, 7) is 13.9. The number of benzene rings is 3. The van der Waals surface area contributed by atoms with Crippen molar-refractivity contribution in [3.8, 4) is 0 Å². The summed E-state index contributed by atoms with van der Waals surface area (Å²) < 4.78 is 41.1. The molecule has 0 unspecified atom stereocenters. The lowest BCUT2D eigenvalue weighted by Gasteiger charge is -2.58. The van der Waals surface area contributed by atoms with E-state index in [1.165, 1.54) is 51.4 Å². The molecular weight excluding hydrogens is 745 g/mol. The molecule has 4 aliphatic carbocycles. The maximum atomic E-state index is 7.20. The van der Waals surface area contributed by atoms with E-state index in [0.29, 0.717) is 25.2 Å².